The first kappa shape index (κ1) is 14.0. The van der Waals surface area contributed by atoms with Gasteiger partial charge < -0.3 is 15.3 Å². The quantitative estimate of drug-likeness (QED) is 0.865. The van der Waals surface area contributed by atoms with Crippen LogP contribution in [0.2, 0.25) is 0 Å². The first-order valence-electron chi connectivity index (χ1n) is 6.27. The molecule has 20 heavy (non-hydrogen) atoms. The van der Waals surface area contributed by atoms with Gasteiger partial charge in [-0.15, -0.1) is 0 Å². The number of rotatable bonds is 3. The van der Waals surface area contributed by atoms with E-state index in [-0.39, 0.29) is 29.7 Å². The number of likely N-dealkylation sites (tertiary alicyclic amines) is 1. The van der Waals surface area contributed by atoms with Gasteiger partial charge in [0.1, 0.15) is 0 Å². The van der Waals surface area contributed by atoms with Crippen LogP contribution in [0, 0.1) is 12.8 Å². The van der Waals surface area contributed by atoms with Crippen LogP contribution in [0.25, 0.3) is 0 Å². The summed E-state index contributed by atoms with van der Waals surface area (Å²) in [4.78, 5) is 35.8. The third-order valence-corrected chi connectivity index (χ3v) is 3.44. The summed E-state index contributed by atoms with van der Waals surface area (Å²) in [5, 5.41) is 11.6. The van der Waals surface area contributed by atoms with Gasteiger partial charge in [0.15, 0.2) is 0 Å². The van der Waals surface area contributed by atoms with Crippen molar-refractivity contribution in [3.63, 3.8) is 0 Å². The Hall–Kier alpha value is -2.37. The van der Waals surface area contributed by atoms with Gasteiger partial charge >= 0.3 is 5.97 Å². The lowest BCUT2D eigenvalue weighted by Crippen LogP contribution is -2.26. The zero-order valence-corrected chi connectivity index (χ0v) is 11.3. The van der Waals surface area contributed by atoms with Crippen LogP contribution in [0.3, 0.4) is 0 Å². The minimum absolute atomic E-state index is 0.0388. The van der Waals surface area contributed by atoms with Gasteiger partial charge in [-0.3, -0.25) is 9.59 Å². The lowest BCUT2D eigenvalue weighted by Gasteiger charge is -2.13. The van der Waals surface area contributed by atoms with E-state index in [0.29, 0.717) is 17.8 Å². The number of carboxylic acids is 1. The minimum atomic E-state index is -1.01. The van der Waals surface area contributed by atoms with Crippen LogP contribution < -0.4 is 5.32 Å². The minimum Gasteiger partial charge on any atom is -0.478 e. The lowest BCUT2D eigenvalue weighted by atomic mass is 10.1. The van der Waals surface area contributed by atoms with E-state index in [1.165, 1.54) is 17.0 Å². The van der Waals surface area contributed by atoms with Crippen LogP contribution in [0.15, 0.2) is 18.2 Å². The van der Waals surface area contributed by atoms with Gasteiger partial charge in [0, 0.05) is 25.7 Å². The second-order valence-corrected chi connectivity index (χ2v) is 5.00. The van der Waals surface area contributed by atoms with Gasteiger partial charge in [0.2, 0.25) is 11.8 Å². The molecule has 1 fully saturated rings. The van der Waals surface area contributed by atoms with Crippen molar-refractivity contribution in [3.05, 3.63) is 29.3 Å². The van der Waals surface area contributed by atoms with E-state index in [4.69, 9.17) is 5.11 Å². The molecular formula is C14H16N2O4. The largest absolute Gasteiger partial charge is 0.478 e. The fourth-order valence-electron chi connectivity index (χ4n) is 2.21. The molecule has 0 bridgehead atoms. The molecule has 1 unspecified atom stereocenters. The third-order valence-electron chi connectivity index (χ3n) is 3.44. The normalized spacial score (nSPS) is 18.2. The molecule has 2 rings (SSSR count). The van der Waals surface area contributed by atoms with E-state index in [0.717, 1.165) is 0 Å². The average Bonchev–Trinajstić information content (AvgIpc) is 2.72. The Bertz CT molecular complexity index is 583. The highest BCUT2D eigenvalue weighted by molar-refractivity contribution is 5.98. The number of hydrogen-bond donors (Lipinski definition) is 2. The Morgan fingerprint density at radius 3 is 2.60 bits per heavy atom. The van der Waals surface area contributed by atoms with E-state index in [9.17, 15) is 14.4 Å². The zero-order chi connectivity index (χ0) is 14.9. The SMILES string of the molecule is Cc1cc(C(=O)O)ccc1NC(=O)C1CC(=O)N(C)C1. The monoisotopic (exact) mass is 276 g/mol. The van der Waals surface area contributed by atoms with Crippen molar-refractivity contribution in [3.8, 4) is 0 Å². The van der Waals surface area contributed by atoms with Crippen LogP contribution in [-0.2, 0) is 9.59 Å². The topological polar surface area (TPSA) is 86.7 Å². The molecule has 1 aliphatic heterocycles. The number of carbonyl (C=O) groups is 3. The van der Waals surface area contributed by atoms with Gasteiger partial charge in [-0.2, -0.15) is 0 Å². The molecule has 106 valence electrons. The Kier molecular flexibility index (Phi) is 3.74. The van der Waals surface area contributed by atoms with Crippen molar-refractivity contribution in [2.75, 3.05) is 18.9 Å². The predicted molar refractivity (Wildman–Crippen MR) is 72.5 cm³/mol. The highest BCUT2D eigenvalue weighted by Gasteiger charge is 2.32. The lowest BCUT2D eigenvalue weighted by molar-refractivity contribution is -0.127. The molecule has 1 atom stereocenters. The van der Waals surface area contributed by atoms with Crippen LogP contribution in [0.5, 0.6) is 0 Å². The van der Waals surface area contributed by atoms with Gasteiger partial charge in [-0.25, -0.2) is 4.79 Å². The number of benzene rings is 1. The Balaban J connectivity index is 2.09. The molecule has 1 saturated heterocycles. The summed E-state index contributed by atoms with van der Waals surface area (Å²) >= 11 is 0. The van der Waals surface area contributed by atoms with Crippen molar-refractivity contribution in [1.29, 1.82) is 0 Å². The number of hydrogen-bond acceptors (Lipinski definition) is 3. The Labute approximate surface area is 116 Å². The molecule has 0 aliphatic carbocycles. The molecule has 0 spiro atoms. The van der Waals surface area contributed by atoms with E-state index < -0.39 is 5.97 Å². The fraction of sp³-hybridized carbons (Fsp3) is 0.357. The summed E-state index contributed by atoms with van der Waals surface area (Å²) in [6.45, 7) is 2.14. The average molecular weight is 276 g/mol. The first-order chi connectivity index (χ1) is 9.38. The highest BCUT2D eigenvalue weighted by atomic mass is 16.4. The van der Waals surface area contributed by atoms with Crippen LogP contribution in [-0.4, -0.2) is 41.4 Å². The van der Waals surface area contributed by atoms with Crippen molar-refractivity contribution in [2.45, 2.75) is 13.3 Å². The van der Waals surface area contributed by atoms with Crippen molar-refractivity contribution < 1.29 is 19.5 Å². The molecule has 6 heteroatoms. The second kappa shape index (κ2) is 5.32. The van der Waals surface area contributed by atoms with Crippen molar-refractivity contribution in [2.24, 2.45) is 5.92 Å². The number of aromatic carboxylic acids is 1. The van der Waals surface area contributed by atoms with Gasteiger partial charge in [0.25, 0.3) is 0 Å². The summed E-state index contributed by atoms with van der Waals surface area (Å²) in [5.74, 6) is -1.61. The smallest absolute Gasteiger partial charge is 0.335 e. The standard InChI is InChI=1S/C14H16N2O4/c1-8-5-9(14(19)20)3-4-11(8)15-13(18)10-6-12(17)16(2)7-10/h3-5,10H,6-7H2,1-2H3,(H,15,18)(H,19,20). The molecule has 1 aromatic rings. The van der Waals surface area contributed by atoms with Crippen LogP contribution in [0.4, 0.5) is 5.69 Å². The number of nitrogens with one attached hydrogen (secondary N) is 1. The molecule has 0 radical (unpaired) electrons. The third kappa shape index (κ3) is 2.79. The van der Waals surface area contributed by atoms with Gasteiger partial charge in [-0.05, 0) is 30.7 Å². The summed E-state index contributed by atoms with van der Waals surface area (Å²) in [7, 11) is 1.67. The molecular weight excluding hydrogens is 260 g/mol. The summed E-state index contributed by atoms with van der Waals surface area (Å²) in [6, 6.07) is 4.51. The molecule has 1 aliphatic rings. The summed E-state index contributed by atoms with van der Waals surface area (Å²) in [5.41, 5.74) is 1.43. The van der Waals surface area contributed by atoms with Crippen LogP contribution >= 0.6 is 0 Å². The number of nitrogens with zero attached hydrogens (tertiary/aromatic N) is 1. The number of amides is 2. The maximum absolute atomic E-state index is 12.1. The molecule has 6 nitrogen and oxygen atoms in total. The van der Waals surface area contributed by atoms with E-state index in [1.807, 2.05) is 0 Å². The van der Waals surface area contributed by atoms with E-state index >= 15 is 0 Å². The number of aryl methyl sites for hydroxylation is 1. The maximum atomic E-state index is 12.1. The summed E-state index contributed by atoms with van der Waals surface area (Å²) in [6.07, 6.45) is 0.217. The summed E-state index contributed by atoms with van der Waals surface area (Å²) < 4.78 is 0. The van der Waals surface area contributed by atoms with E-state index in [2.05, 4.69) is 5.32 Å². The first-order valence-corrected chi connectivity index (χ1v) is 6.27. The molecule has 1 heterocycles. The molecule has 2 N–H and O–H groups in total. The van der Waals surface area contributed by atoms with Crippen molar-refractivity contribution in [1.82, 2.24) is 4.90 Å². The zero-order valence-electron chi connectivity index (χ0n) is 11.3. The second-order valence-electron chi connectivity index (χ2n) is 5.00. The molecule has 0 aromatic heterocycles. The molecule has 2 amide bonds. The maximum Gasteiger partial charge on any atom is 0.335 e. The molecule has 1 aromatic carbocycles. The Morgan fingerprint density at radius 1 is 1.40 bits per heavy atom. The highest BCUT2D eigenvalue weighted by Crippen LogP contribution is 2.21. The van der Waals surface area contributed by atoms with Crippen LogP contribution in [0.1, 0.15) is 22.3 Å². The number of carbonyl (C=O) groups excluding carboxylic acids is 2. The Morgan fingerprint density at radius 2 is 2.10 bits per heavy atom. The number of anilines is 1. The van der Waals surface area contributed by atoms with Gasteiger partial charge in [-0.1, -0.05) is 0 Å². The van der Waals surface area contributed by atoms with Gasteiger partial charge in [0.05, 0.1) is 11.5 Å². The molecule has 0 saturated carbocycles. The fourth-order valence-corrected chi connectivity index (χ4v) is 2.21. The van der Waals surface area contributed by atoms with E-state index in [1.54, 1.807) is 20.0 Å². The predicted octanol–water partition coefficient (Wildman–Crippen LogP) is 1.11. The van der Waals surface area contributed by atoms with Crippen molar-refractivity contribution >= 4 is 23.5 Å². The number of carboxylic acid groups (broad SMARTS) is 1.